The molecule has 0 bridgehead atoms. The highest BCUT2D eigenvalue weighted by atomic mass is 19.4. The maximum Gasteiger partial charge on any atom is 0.396 e. The first-order valence-corrected chi connectivity index (χ1v) is 11.0. The Morgan fingerprint density at radius 3 is 2.66 bits per heavy atom. The molecule has 3 aromatic rings. The smallest absolute Gasteiger partial charge is 0.368 e. The molecule has 3 heterocycles. The molecule has 35 heavy (non-hydrogen) atoms. The number of alkyl halides is 3. The zero-order valence-corrected chi connectivity index (χ0v) is 18.8. The number of pyridine rings is 1. The molecular formula is C23H23F4N5O3. The molecule has 1 amide bonds. The van der Waals surface area contributed by atoms with Crippen LogP contribution in [0.1, 0.15) is 46.6 Å². The van der Waals surface area contributed by atoms with Gasteiger partial charge in [-0.3, -0.25) is 4.79 Å². The summed E-state index contributed by atoms with van der Waals surface area (Å²) in [6.07, 6.45) is -2.40. The minimum absolute atomic E-state index is 0.0968. The predicted octanol–water partition coefficient (Wildman–Crippen LogP) is 3.33. The number of nitrogens with one attached hydrogen (secondary N) is 2. The maximum absolute atomic E-state index is 13.5. The van der Waals surface area contributed by atoms with Crippen LogP contribution in [0.25, 0.3) is 5.82 Å². The Morgan fingerprint density at radius 1 is 1.26 bits per heavy atom. The van der Waals surface area contributed by atoms with Gasteiger partial charge in [0, 0.05) is 18.4 Å². The molecule has 1 saturated heterocycles. The van der Waals surface area contributed by atoms with Gasteiger partial charge in [0.2, 0.25) is 0 Å². The number of H-pyrrole nitrogens is 1. The summed E-state index contributed by atoms with van der Waals surface area (Å²) in [6.45, 7) is 2.20. The Hall–Kier alpha value is -3.54. The summed E-state index contributed by atoms with van der Waals surface area (Å²) in [6, 6.07) is 7.15. The molecule has 1 aliphatic rings. The van der Waals surface area contributed by atoms with Gasteiger partial charge in [-0.1, -0.05) is 12.1 Å². The first kappa shape index (κ1) is 24.6. The molecule has 1 atom stereocenters. The van der Waals surface area contributed by atoms with Crippen LogP contribution in [0, 0.1) is 12.7 Å². The Balaban J connectivity index is 1.60. The standard InChI is InChI=1S/C23H23F4N5O3/c1-14-12-28-18(32-19(11-23(25,26)27)30-31-21(32)34)10-17(14)20(33)29-13-22(8-2-3-9-35-22)15-4-6-16(24)7-5-15/h4-7,10,12H,2-3,8-9,11,13H2,1H3,(H,29,33)(H,31,34). The lowest BCUT2D eigenvalue weighted by Gasteiger charge is -2.38. The number of amides is 1. The van der Waals surface area contributed by atoms with E-state index in [2.05, 4.69) is 15.4 Å². The molecule has 1 unspecified atom stereocenters. The van der Waals surface area contributed by atoms with Crippen molar-refractivity contribution < 1.29 is 27.1 Å². The number of ether oxygens (including phenoxy) is 1. The van der Waals surface area contributed by atoms with Crippen molar-refractivity contribution in [1.82, 2.24) is 25.1 Å². The van der Waals surface area contributed by atoms with Crippen LogP contribution in [-0.2, 0) is 16.8 Å². The SMILES string of the molecule is Cc1cnc(-n2c(CC(F)(F)F)n[nH]c2=O)cc1C(=O)NCC1(c2ccc(F)cc2)CCCCO1. The largest absolute Gasteiger partial charge is 0.396 e. The van der Waals surface area contributed by atoms with Gasteiger partial charge in [0.1, 0.15) is 29.5 Å². The highest BCUT2D eigenvalue weighted by molar-refractivity contribution is 5.96. The van der Waals surface area contributed by atoms with E-state index >= 15 is 0 Å². The molecule has 8 nitrogen and oxygen atoms in total. The minimum Gasteiger partial charge on any atom is -0.368 e. The van der Waals surface area contributed by atoms with Gasteiger partial charge in [0.05, 0.1) is 6.54 Å². The van der Waals surface area contributed by atoms with Crippen LogP contribution in [0.5, 0.6) is 0 Å². The summed E-state index contributed by atoms with van der Waals surface area (Å²) < 4.78 is 58.9. The van der Waals surface area contributed by atoms with Gasteiger partial charge < -0.3 is 10.1 Å². The lowest BCUT2D eigenvalue weighted by molar-refractivity contribution is -0.128. The lowest BCUT2D eigenvalue weighted by Crippen LogP contribution is -2.45. The molecule has 0 radical (unpaired) electrons. The first-order chi connectivity index (χ1) is 16.6. The first-order valence-electron chi connectivity index (χ1n) is 11.0. The second-order valence-corrected chi connectivity index (χ2v) is 8.42. The van der Waals surface area contributed by atoms with Crippen LogP contribution in [0.2, 0.25) is 0 Å². The van der Waals surface area contributed by atoms with E-state index in [-0.39, 0.29) is 23.7 Å². The predicted molar refractivity (Wildman–Crippen MR) is 117 cm³/mol. The number of carbonyl (C=O) groups is 1. The third kappa shape index (κ3) is 5.42. The topological polar surface area (TPSA) is 102 Å². The minimum atomic E-state index is -4.59. The van der Waals surface area contributed by atoms with E-state index in [1.54, 1.807) is 19.1 Å². The van der Waals surface area contributed by atoms with Crippen molar-refractivity contribution in [3.63, 3.8) is 0 Å². The van der Waals surface area contributed by atoms with Crippen LogP contribution in [-0.4, -0.2) is 45.0 Å². The highest BCUT2D eigenvalue weighted by Crippen LogP contribution is 2.35. The van der Waals surface area contributed by atoms with Gasteiger partial charge in [-0.15, -0.1) is 0 Å². The fourth-order valence-electron chi connectivity index (χ4n) is 4.14. The number of halogens is 4. The van der Waals surface area contributed by atoms with E-state index in [0.717, 1.165) is 18.4 Å². The number of aromatic amines is 1. The van der Waals surface area contributed by atoms with Gasteiger partial charge >= 0.3 is 11.9 Å². The maximum atomic E-state index is 13.5. The zero-order chi connectivity index (χ0) is 25.2. The molecule has 1 aliphatic heterocycles. The van der Waals surface area contributed by atoms with E-state index in [9.17, 15) is 27.2 Å². The molecule has 0 aliphatic carbocycles. The summed E-state index contributed by atoms with van der Waals surface area (Å²) >= 11 is 0. The number of benzene rings is 1. The van der Waals surface area contributed by atoms with Crippen LogP contribution in [0.15, 0.2) is 41.3 Å². The van der Waals surface area contributed by atoms with E-state index in [0.29, 0.717) is 23.2 Å². The summed E-state index contributed by atoms with van der Waals surface area (Å²) in [5.41, 5.74) is -0.426. The van der Waals surface area contributed by atoms with Gasteiger partial charge in [-0.25, -0.2) is 23.8 Å². The monoisotopic (exact) mass is 493 g/mol. The third-order valence-corrected chi connectivity index (χ3v) is 5.92. The molecule has 2 N–H and O–H groups in total. The van der Waals surface area contributed by atoms with Crippen molar-refractivity contribution in [1.29, 1.82) is 0 Å². The molecule has 186 valence electrons. The fraction of sp³-hybridized carbons (Fsp3) is 0.391. The lowest BCUT2D eigenvalue weighted by atomic mass is 9.86. The average Bonchev–Trinajstić information content (AvgIpc) is 3.17. The van der Waals surface area contributed by atoms with Crippen LogP contribution < -0.4 is 11.0 Å². The zero-order valence-electron chi connectivity index (χ0n) is 18.8. The number of nitrogens with zero attached hydrogens (tertiary/aromatic N) is 3. The Labute approximate surface area is 197 Å². The normalized spacial score (nSPS) is 18.4. The van der Waals surface area contributed by atoms with Crippen molar-refractivity contribution in [3.8, 4) is 5.82 Å². The van der Waals surface area contributed by atoms with Crippen molar-refractivity contribution in [2.75, 3.05) is 13.2 Å². The second kappa shape index (κ2) is 9.61. The van der Waals surface area contributed by atoms with Crippen molar-refractivity contribution in [2.24, 2.45) is 0 Å². The Morgan fingerprint density at radius 2 is 2.00 bits per heavy atom. The molecule has 0 saturated carbocycles. The van der Waals surface area contributed by atoms with Crippen molar-refractivity contribution >= 4 is 5.91 Å². The number of hydrogen-bond acceptors (Lipinski definition) is 5. The van der Waals surface area contributed by atoms with Crippen LogP contribution in [0.4, 0.5) is 17.6 Å². The molecule has 1 aromatic carbocycles. The van der Waals surface area contributed by atoms with Crippen LogP contribution >= 0.6 is 0 Å². The Kier molecular flexibility index (Phi) is 6.75. The molecule has 12 heteroatoms. The van der Waals surface area contributed by atoms with Gasteiger partial charge in [0.25, 0.3) is 5.91 Å². The van der Waals surface area contributed by atoms with Gasteiger partial charge in [0.15, 0.2) is 0 Å². The number of aryl methyl sites for hydroxylation is 1. The second-order valence-electron chi connectivity index (χ2n) is 8.42. The number of rotatable bonds is 6. The van der Waals surface area contributed by atoms with Crippen LogP contribution in [0.3, 0.4) is 0 Å². The average molecular weight is 493 g/mol. The van der Waals surface area contributed by atoms with Gasteiger partial charge in [-0.2, -0.15) is 18.3 Å². The van der Waals surface area contributed by atoms with E-state index < -0.39 is 35.6 Å². The van der Waals surface area contributed by atoms with Crippen molar-refractivity contribution in [2.45, 2.75) is 44.4 Å². The number of aromatic nitrogens is 4. The highest BCUT2D eigenvalue weighted by Gasteiger charge is 2.36. The van der Waals surface area contributed by atoms with E-state index in [1.165, 1.54) is 24.4 Å². The van der Waals surface area contributed by atoms with E-state index in [1.807, 2.05) is 5.10 Å². The molecule has 2 aromatic heterocycles. The van der Waals surface area contributed by atoms with E-state index in [4.69, 9.17) is 4.74 Å². The summed E-state index contributed by atoms with van der Waals surface area (Å²) in [5, 5.41) is 8.26. The quantitative estimate of drug-likeness (QED) is 0.513. The van der Waals surface area contributed by atoms with Crippen molar-refractivity contribution in [3.05, 3.63) is 75.3 Å². The number of carbonyl (C=O) groups excluding carboxylic acids is 1. The third-order valence-electron chi connectivity index (χ3n) is 5.92. The summed E-state index contributed by atoms with van der Waals surface area (Å²) in [5.74, 6) is -1.64. The summed E-state index contributed by atoms with van der Waals surface area (Å²) in [4.78, 5) is 29.3. The van der Waals surface area contributed by atoms with Gasteiger partial charge in [-0.05, 0) is 55.5 Å². The summed E-state index contributed by atoms with van der Waals surface area (Å²) in [7, 11) is 0. The molecular weight excluding hydrogens is 470 g/mol. The Bertz CT molecular complexity index is 1260. The molecule has 4 rings (SSSR count). The molecule has 1 fully saturated rings. The molecule has 0 spiro atoms. The number of hydrogen-bond donors (Lipinski definition) is 2. The fourth-order valence-corrected chi connectivity index (χ4v) is 4.14.